The number of nitrogen functional groups attached to an aromatic ring is 1. The minimum absolute atomic E-state index is 0.110. The highest BCUT2D eigenvalue weighted by molar-refractivity contribution is 5.64. The van der Waals surface area contributed by atoms with Crippen LogP contribution in [0.4, 0.5) is 10.1 Å². The molecule has 5 heteroatoms. The number of nitrogens with two attached hydrogens (primary N) is 1. The van der Waals surface area contributed by atoms with E-state index in [1.54, 1.807) is 26.0 Å². The largest absolute Gasteiger partial charge is 0.396 e. The quantitative estimate of drug-likeness (QED) is 0.742. The van der Waals surface area contributed by atoms with E-state index in [1.807, 2.05) is 6.07 Å². The van der Waals surface area contributed by atoms with Gasteiger partial charge in [-0.05, 0) is 51.0 Å². The van der Waals surface area contributed by atoms with E-state index in [0.29, 0.717) is 12.8 Å². The van der Waals surface area contributed by atoms with Gasteiger partial charge in [-0.3, -0.25) is 5.10 Å². The van der Waals surface area contributed by atoms with Crippen LogP contribution in [0.3, 0.4) is 0 Å². The zero-order chi connectivity index (χ0) is 14.0. The Balaban J connectivity index is 2.14. The average Bonchev–Trinajstić information content (AvgIpc) is 2.78. The summed E-state index contributed by atoms with van der Waals surface area (Å²) in [7, 11) is 0. The lowest BCUT2D eigenvalue weighted by Gasteiger charge is -2.15. The molecule has 0 aliphatic carbocycles. The molecule has 2 rings (SSSR count). The summed E-state index contributed by atoms with van der Waals surface area (Å²) < 4.78 is 13.1. The van der Waals surface area contributed by atoms with E-state index in [-0.39, 0.29) is 5.69 Å². The first-order valence-electron chi connectivity index (χ1n) is 6.17. The summed E-state index contributed by atoms with van der Waals surface area (Å²) in [5.41, 5.74) is 7.36. The Kier molecular flexibility index (Phi) is 3.57. The van der Waals surface area contributed by atoms with Crippen molar-refractivity contribution in [3.8, 4) is 11.3 Å². The van der Waals surface area contributed by atoms with E-state index in [9.17, 15) is 9.50 Å². The van der Waals surface area contributed by atoms with Gasteiger partial charge in [-0.15, -0.1) is 0 Å². The maximum Gasteiger partial charge on any atom is 0.146 e. The maximum absolute atomic E-state index is 13.1. The van der Waals surface area contributed by atoms with Gasteiger partial charge in [0.15, 0.2) is 0 Å². The molecule has 0 spiro atoms. The molecule has 0 saturated heterocycles. The Labute approximate surface area is 111 Å². The van der Waals surface area contributed by atoms with Crippen molar-refractivity contribution in [1.82, 2.24) is 10.2 Å². The fourth-order valence-electron chi connectivity index (χ4n) is 1.78. The Bertz CT molecular complexity index is 572. The molecule has 1 aromatic heterocycles. The molecule has 2 aromatic rings. The molecule has 102 valence electrons. The zero-order valence-electron chi connectivity index (χ0n) is 11.1. The van der Waals surface area contributed by atoms with Gasteiger partial charge in [0.2, 0.25) is 0 Å². The molecule has 0 fully saturated rings. The van der Waals surface area contributed by atoms with Crippen LogP contribution in [0.2, 0.25) is 0 Å². The lowest BCUT2D eigenvalue weighted by Crippen LogP contribution is -2.19. The van der Waals surface area contributed by atoms with Crippen molar-refractivity contribution in [2.75, 3.05) is 5.73 Å². The number of anilines is 1. The summed E-state index contributed by atoms with van der Waals surface area (Å²) in [6, 6.07) is 6.42. The Morgan fingerprint density at radius 3 is 2.74 bits per heavy atom. The van der Waals surface area contributed by atoms with Crippen LogP contribution < -0.4 is 5.73 Å². The zero-order valence-corrected chi connectivity index (χ0v) is 11.1. The van der Waals surface area contributed by atoms with Crippen LogP contribution in [0, 0.1) is 5.82 Å². The van der Waals surface area contributed by atoms with Crippen molar-refractivity contribution in [3.63, 3.8) is 0 Å². The van der Waals surface area contributed by atoms with Crippen molar-refractivity contribution in [3.05, 3.63) is 35.8 Å². The van der Waals surface area contributed by atoms with Gasteiger partial charge in [0, 0.05) is 11.3 Å². The minimum Gasteiger partial charge on any atom is -0.396 e. The summed E-state index contributed by atoms with van der Waals surface area (Å²) in [6.07, 6.45) is 1.34. The van der Waals surface area contributed by atoms with E-state index < -0.39 is 11.4 Å². The summed E-state index contributed by atoms with van der Waals surface area (Å²) in [4.78, 5) is 0. The number of aryl methyl sites for hydroxylation is 1. The summed E-state index contributed by atoms with van der Waals surface area (Å²) in [5, 5.41) is 16.8. The molecule has 1 aromatic carbocycles. The van der Waals surface area contributed by atoms with E-state index in [1.165, 1.54) is 6.07 Å². The van der Waals surface area contributed by atoms with Gasteiger partial charge in [0.05, 0.1) is 17.0 Å². The molecular weight excluding hydrogens is 245 g/mol. The second-order valence-corrected chi connectivity index (χ2v) is 5.33. The van der Waals surface area contributed by atoms with Crippen LogP contribution in [-0.2, 0) is 6.42 Å². The van der Waals surface area contributed by atoms with Crippen LogP contribution >= 0.6 is 0 Å². The van der Waals surface area contributed by atoms with Gasteiger partial charge in [-0.25, -0.2) is 4.39 Å². The number of aliphatic hydroxyl groups is 1. The fraction of sp³-hybridized carbons (Fsp3) is 0.357. The van der Waals surface area contributed by atoms with Crippen molar-refractivity contribution in [2.45, 2.75) is 32.3 Å². The molecule has 4 nitrogen and oxygen atoms in total. The first kappa shape index (κ1) is 13.5. The van der Waals surface area contributed by atoms with Crippen molar-refractivity contribution in [1.29, 1.82) is 0 Å². The number of benzene rings is 1. The molecule has 0 aliphatic heterocycles. The molecule has 0 radical (unpaired) electrons. The first-order valence-corrected chi connectivity index (χ1v) is 6.17. The third kappa shape index (κ3) is 3.54. The minimum atomic E-state index is -0.703. The van der Waals surface area contributed by atoms with Crippen LogP contribution in [0.15, 0.2) is 24.3 Å². The second kappa shape index (κ2) is 5.01. The summed E-state index contributed by atoms with van der Waals surface area (Å²) in [6.45, 7) is 3.54. The highest BCUT2D eigenvalue weighted by Crippen LogP contribution is 2.23. The van der Waals surface area contributed by atoms with Gasteiger partial charge < -0.3 is 10.8 Å². The van der Waals surface area contributed by atoms with Gasteiger partial charge in [0.1, 0.15) is 5.82 Å². The number of rotatable bonds is 4. The molecule has 0 unspecified atom stereocenters. The van der Waals surface area contributed by atoms with E-state index in [0.717, 1.165) is 17.0 Å². The third-order valence-electron chi connectivity index (χ3n) is 2.93. The molecule has 0 bridgehead atoms. The highest BCUT2D eigenvalue weighted by Gasteiger charge is 2.13. The number of nitrogens with zero attached hydrogens (tertiary/aromatic N) is 1. The summed E-state index contributed by atoms with van der Waals surface area (Å²) >= 11 is 0. The second-order valence-electron chi connectivity index (χ2n) is 5.33. The maximum atomic E-state index is 13.1. The number of hydrogen-bond donors (Lipinski definition) is 3. The van der Waals surface area contributed by atoms with Crippen molar-refractivity contribution >= 4 is 5.69 Å². The number of halogens is 1. The normalized spacial score (nSPS) is 11.8. The molecular formula is C14H18FN3O. The van der Waals surface area contributed by atoms with Gasteiger partial charge in [-0.2, -0.15) is 5.10 Å². The number of nitrogens with one attached hydrogen (secondary N) is 1. The lowest BCUT2D eigenvalue weighted by atomic mass is 10.0. The van der Waals surface area contributed by atoms with Gasteiger partial charge in [0.25, 0.3) is 0 Å². The number of aromatic nitrogens is 2. The standard InChI is InChI=1S/C14H18FN3O/c1-14(2,19)6-5-10-8-13(18-17-10)9-3-4-11(15)12(16)7-9/h3-4,7-8,19H,5-6,16H2,1-2H3,(H,17,18). The smallest absolute Gasteiger partial charge is 0.146 e. The Morgan fingerprint density at radius 2 is 2.11 bits per heavy atom. The fourth-order valence-corrected chi connectivity index (χ4v) is 1.78. The highest BCUT2D eigenvalue weighted by atomic mass is 19.1. The molecule has 0 aliphatic rings. The lowest BCUT2D eigenvalue weighted by molar-refractivity contribution is 0.0711. The molecule has 1 heterocycles. The molecule has 0 amide bonds. The van der Waals surface area contributed by atoms with E-state index in [2.05, 4.69) is 10.2 Å². The van der Waals surface area contributed by atoms with Gasteiger partial charge in [-0.1, -0.05) is 0 Å². The Hall–Kier alpha value is -1.88. The summed E-state index contributed by atoms with van der Waals surface area (Å²) in [5.74, 6) is -0.429. The van der Waals surface area contributed by atoms with Crippen LogP contribution in [-0.4, -0.2) is 20.9 Å². The predicted octanol–water partition coefficient (Wildman–Crippen LogP) is 2.50. The molecule has 0 saturated carbocycles. The van der Waals surface area contributed by atoms with E-state index in [4.69, 9.17) is 5.73 Å². The third-order valence-corrected chi connectivity index (χ3v) is 2.93. The molecule has 4 N–H and O–H groups in total. The molecule has 19 heavy (non-hydrogen) atoms. The molecule has 0 atom stereocenters. The first-order chi connectivity index (χ1) is 8.85. The van der Waals surface area contributed by atoms with Gasteiger partial charge >= 0.3 is 0 Å². The van der Waals surface area contributed by atoms with Crippen LogP contribution in [0.1, 0.15) is 26.0 Å². The number of aromatic amines is 1. The van der Waals surface area contributed by atoms with Crippen molar-refractivity contribution in [2.24, 2.45) is 0 Å². The Morgan fingerprint density at radius 1 is 1.37 bits per heavy atom. The number of hydrogen-bond acceptors (Lipinski definition) is 3. The van der Waals surface area contributed by atoms with E-state index >= 15 is 0 Å². The average molecular weight is 263 g/mol. The monoisotopic (exact) mass is 263 g/mol. The van der Waals surface area contributed by atoms with Crippen LogP contribution in [0.5, 0.6) is 0 Å². The number of H-pyrrole nitrogens is 1. The predicted molar refractivity (Wildman–Crippen MR) is 73.0 cm³/mol. The van der Waals surface area contributed by atoms with Crippen molar-refractivity contribution < 1.29 is 9.50 Å². The topological polar surface area (TPSA) is 74.9 Å². The van der Waals surface area contributed by atoms with Crippen LogP contribution in [0.25, 0.3) is 11.3 Å². The SMILES string of the molecule is CC(C)(O)CCc1cc(-c2ccc(F)c(N)c2)n[nH]1.